The second-order valence-corrected chi connectivity index (χ2v) is 5.96. The molecule has 114 valence electrons. The molecule has 5 nitrogen and oxygen atoms in total. The number of halogens is 1. The Kier molecular flexibility index (Phi) is 6.47. The fourth-order valence-corrected chi connectivity index (χ4v) is 1.79. The van der Waals surface area contributed by atoms with Crippen molar-refractivity contribution in [1.82, 2.24) is 10.6 Å². The molecule has 21 heavy (non-hydrogen) atoms. The van der Waals surface area contributed by atoms with Crippen LogP contribution in [0.15, 0.2) is 18.2 Å². The number of para-hydroxylation sites is 1. The molecule has 0 aromatic heterocycles. The molecule has 0 spiro atoms. The van der Waals surface area contributed by atoms with Gasteiger partial charge in [0.15, 0.2) is 6.61 Å². The molecule has 1 rings (SSSR count). The van der Waals surface area contributed by atoms with Crippen LogP contribution in [0.5, 0.6) is 5.75 Å². The van der Waals surface area contributed by atoms with E-state index in [9.17, 15) is 4.79 Å². The van der Waals surface area contributed by atoms with Crippen LogP contribution in [-0.2, 0) is 11.3 Å². The lowest BCUT2D eigenvalue weighted by Crippen LogP contribution is -2.35. The van der Waals surface area contributed by atoms with Crippen molar-refractivity contribution in [3.05, 3.63) is 28.8 Å². The molecule has 2 N–H and O–H groups in total. The third-order valence-corrected chi connectivity index (χ3v) is 2.87. The van der Waals surface area contributed by atoms with Gasteiger partial charge in [-0.2, -0.15) is 5.26 Å². The number of nitrogens with one attached hydrogen (secondary N) is 2. The van der Waals surface area contributed by atoms with Gasteiger partial charge in [-0.1, -0.05) is 23.7 Å². The first-order valence-electron chi connectivity index (χ1n) is 6.62. The Labute approximate surface area is 130 Å². The predicted octanol–water partition coefficient (Wildman–Crippen LogP) is 2.25. The van der Waals surface area contributed by atoms with Crippen LogP contribution < -0.4 is 15.4 Å². The number of carbonyl (C=O) groups excluding carboxylic acids is 1. The van der Waals surface area contributed by atoms with Crippen LogP contribution in [0.2, 0.25) is 5.02 Å². The number of amides is 1. The lowest BCUT2D eigenvalue weighted by Gasteiger charge is -2.22. The van der Waals surface area contributed by atoms with Crippen LogP contribution in [0.4, 0.5) is 0 Å². The number of carbonyl (C=O) groups is 1. The molecule has 1 aromatic rings. The van der Waals surface area contributed by atoms with Crippen LogP contribution in [-0.4, -0.2) is 24.6 Å². The molecule has 0 saturated carbocycles. The Morgan fingerprint density at radius 1 is 1.43 bits per heavy atom. The fourth-order valence-electron chi connectivity index (χ4n) is 1.54. The number of ether oxygens (including phenoxy) is 1. The van der Waals surface area contributed by atoms with E-state index < -0.39 is 0 Å². The Balaban J connectivity index is 2.72. The van der Waals surface area contributed by atoms with Gasteiger partial charge in [0, 0.05) is 17.6 Å². The molecule has 0 aliphatic heterocycles. The number of nitriles is 1. The van der Waals surface area contributed by atoms with E-state index in [1.807, 2.05) is 18.2 Å². The van der Waals surface area contributed by atoms with Gasteiger partial charge in [0.05, 0.1) is 11.1 Å². The van der Waals surface area contributed by atoms with E-state index in [0.717, 1.165) is 5.56 Å². The van der Waals surface area contributed by atoms with Gasteiger partial charge in [0.2, 0.25) is 0 Å². The van der Waals surface area contributed by atoms with Crippen molar-refractivity contribution in [3.63, 3.8) is 0 Å². The maximum atomic E-state index is 11.5. The summed E-state index contributed by atoms with van der Waals surface area (Å²) in [6.07, 6.45) is 0. The average molecular weight is 310 g/mol. The smallest absolute Gasteiger partial charge is 0.258 e. The Morgan fingerprint density at radius 2 is 2.14 bits per heavy atom. The number of nitrogens with zero attached hydrogens (tertiary/aromatic N) is 1. The lowest BCUT2D eigenvalue weighted by molar-refractivity contribution is -0.122. The highest BCUT2D eigenvalue weighted by molar-refractivity contribution is 6.32. The highest BCUT2D eigenvalue weighted by Gasteiger charge is 2.14. The zero-order valence-corrected chi connectivity index (χ0v) is 13.3. The molecule has 0 heterocycles. The molecule has 1 aromatic carbocycles. The van der Waals surface area contributed by atoms with Crippen molar-refractivity contribution in [2.24, 2.45) is 0 Å². The second-order valence-electron chi connectivity index (χ2n) is 5.56. The summed E-state index contributed by atoms with van der Waals surface area (Å²) < 4.78 is 5.50. The molecular weight excluding hydrogens is 290 g/mol. The third kappa shape index (κ3) is 6.48. The van der Waals surface area contributed by atoms with Crippen molar-refractivity contribution < 1.29 is 9.53 Å². The average Bonchev–Trinajstić information content (AvgIpc) is 2.41. The van der Waals surface area contributed by atoms with E-state index >= 15 is 0 Å². The van der Waals surface area contributed by atoms with Gasteiger partial charge in [0.25, 0.3) is 5.91 Å². The third-order valence-electron chi connectivity index (χ3n) is 2.57. The summed E-state index contributed by atoms with van der Waals surface area (Å²) in [5, 5.41) is 14.6. The first-order valence-corrected chi connectivity index (χ1v) is 7.00. The van der Waals surface area contributed by atoms with Crippen LogP contribution >= 0.6 is 11.6 Å². The maximum absolute atomic E-state index is 11.5. The minimum absolute atomic E-state index is 0.0379. The van der Waals surface area contributed by atoms with E-state index in [0.29, 0.717) is 17.3 Å². The van der Waals surface area contributed by atoms with Crippen molar-refractivity contribution in [2.75, 3.05) is 13.2 Å². The molecule has 0 fully saturated rings. The summed E-state index contributed by atoms with van der Waals surface area (Å²) in [6, 6.07) is 7.28. The molecule has 0 radical (unpaired) electrons. The van der Waals surface area contributed by atoms with Gasteiger partial charge in [-0.05, 0) is 26.8 Å². The SMILES string of the molecule is CC(C)(C)NCc1cccc(Cl)c1OCC(=O)NCC#N. The minimum Gasteiger partial charge on any atom is -0.482 e. The first-order chi connectivity index (χ1) is 9.83. The van der Waals surface area contributed by atoms with E-state index in [2.05, 4.69) is 31.4 Å². The summed E-state index contributed by atoms with van der Waals surface area (Å²) in [7, 11) is 0. The first kappa shape index (κ1) is 17.3. The Morgan fingerprint density at radius 3 is 2.76 bits per heavy atom. The molecule has 0 saturated heterocycles. The normalized spacial score (nSPS) is 10.8. The zero-order chi connectivity index (χ0) is 15.9. The molecule has 0 atom stereocenters. The largest absolute Gasteiger partial charge is 0.482 e. The predicted molar refractivity (Wildman–Crippen MR) is 82.2 cm³/mol. The molecule has 1 amide bonds. The van der Waals surface area contributed by atoms with Gasteiger partial charge >= 0.3 is 0 Å². The van der Waals surface area contributed by atoms with E-state index in [1.165, 1.54) is 0 Å². The van der Waals surface area contributed by atoms with E-state index in [-0.39, 0.29) is 24.6 Å². The van der Waals surface area contributed by atoms with Gasteiger partial charge in [-0.3, -0.25) is 4.79 Å². The number of rotatable bonds is 6. The van der Waals surface area contributed by atoms with Gasteiger partial charge in [-0.25, -0.2) is 0 Å². The molecule has 0 unspecified atom stereocenters. The lowest BCUT2D eigenvalue weighted by atomic mass is 10.1. The summed E-state index contributed by atoms with van der Waals surface area (Å²) in [4.78, 5) is 11.5. The van der Waals surface area contributed by atoms with Crippen molar-refractivity contribution >= 4 is 17.5 Å². The number of hydrogen-bond acceptors (Lipinski definition) is 4. The van der Waals surface area contributed by atoms with Crippen molar-refractivity contribution in [3.8, 4) is 11.8 Å². The molecule has 0 aliphatic rings. The monoisotopic (exact) mass is 309 g/mol. The number of benzene rings is 1. The van der Waals surface area contributed by atoms with Crippen LogP contribution in [0.25, 0.3) is 0 Å². The minimum atomic E-state index is -0.355. The van der Waals surface area contributed by atoms with Gasteiger partial charge in [0.1, 0.15) is 12.3 Å². The van der Waals surface area contributed by atoms with Gasteiger partial charge < -0.3 is 15.4 Å². The molecule has 6 heteroatoms. The Hall–Kier alpha value is -1.77. The molecule has 0 aliphatic carbocycles. The van der Waals surface area contributed by atoms with Gasteiger partial charge in [-0.15, -0.1) is 0 Å². The van der Waals surface area contributed by atoms with Crippen molar-refractivity contribution in [1.29, 1.82) is 5.26 Å². The Bertz CT molecular complexity index is 533. The van der Waals surface area contributed by atoms with E-state index in [1.54, 1.807) is 6.07 Å². The molecule has 0 bridgehead atoms. The highest BCUT2D eigenvalue weighted by Crippen LogP contribution is 2.28. The summed E-state index contributed by atoms with van der Waals surface area (Å²) >= 11 is 6.13. The van der Waals surface area contributed by atoms with Crippen molar-refractivity contribution in [2.45, 2.75) is 32.9 Å². The summed E-state index contributed by atoms with van der Waals surface area (Å²) in [5.41, 5.74) is 0.842. The van der Waals surface area contributed by atoms with Crippen LogP contribution in [0.3, 0.4) is 0 Å². The standard InChI is InChI=1S/C15H20ClN3O2/c1-15(2,3)19-9-11-5-4-6-12(16)14(11)21-10-13(20)18-8-7-17/h4-6,19H,8-10H2,1-3H3,(H,18,20). The summed E-state index contributed by atoms with van der Waals surface area (Å²) in [6.45, 7) is 6.56. The quantitative estimate of drug-likeness (QED) is 0.790. The zero-order valence-electron chi connectivity index (χ0n) is 12.5. The number of hydrogen-bond donors (Lipinski definition) is 2. The molecular formula is C15H20ClN3O2. The fraction of sp³-hybridized carbons (Fsp3) is 0.467. The summed E-state index contributed by atoms with van der Waals surface area (Å²) in [5.74, 6) is 0.134. The maximum Gasteiger partial charge on any atom is 0.258 e. The van der Waals surface area contributed by atoms with E-state index in [4.69, 9.17) is 21.6 Å². The topological polar surface area (TPSA) is 74.2 Å². The second kappa shape index (κ2) is 7.87. The van der Waals surface area contributed by atoms with Crippen LogP contribution in [0.1, 0.15) is 26.3 Å². The van der Waals surface area contributed by atoms with Crippen LogP contribution in [0, 0.1) is 11.3 Å². The highest BCUT2D eigenvalue weighted by atomic mass is 35.5.